The van der Waals surface area contributed by atoms with E-state index in [1.54, 1.807) is 24.0 Å². The van der Waals surface area contributed by atoms with E-state index >= 15 is 0 Å². The fourth-order valence-electron chi connectivity index (χ4n) is 2.47. The van der Waals surface area contributed by atoms with Gasteiger partial charge in [0.05, 0.1) is 0 Å². The van der Waals surface area contributed by atoms with Gasteiger partial charge in [0.15, 0.2) is 0 Å². The molecule has 0 spiro atoms. The zero-order valence-electron chi connectivity index (χ0n) is 12.6. The number of carbonyl (C=O) groups excluding carboxylic acids is 2. The molecule has 21 heavy (non-hydrogen) atoms. The average Bonchev–Trinajstić information content (AvgIpc) is 2.61. The predicted octanol–water partition coefficient (Wildman–Crippen LogP) is 2.40. The van der Waals surface area contributed by atoms with Crippen molar-refractivity contribution in [3.63, 3.8) is 0 Å². The van der Waals surface area contributed by atoms with Crippen LogP contribution in [0.3, 0.4) is 0 Å². The van der Waals surface area contributed by atoms with Crippen molar-refractivity contribution >= 4 is 17.5 Å². The summed E-state index contributed by atoms with van der Waals surface area (Å²) in [5.74, 6) is -0.478. The van der Waals surface area contributed by atoms with Crippen LogP contribution in [-0.2, 0) is 9.59 Å². The predicted molar refractivity (Wildman–Crippen MR) is 79.5 cm³/mol. The Balaban J connectivity index is 2.34. The maximum atomic E-state index is 13.4. The van der Waals surface area contributed by atoms with Gasteiger partial charge in [0.1, 0.15) is 11.9 Å². The van der Waals surface area contributed by atoms with Crippen molar-refractivity contribution < 1.29 is 14.0 Å². The number of hydrogen-bond donors (Lipinski definition) is 1. The van der Waals surface area contributed by atoms with Crippen molar-refractivity contribution in [2.45, 2.75) is 39.7 Å². The Morgan fingerprint density at radius 3 is 2.76 bits per heavy atom. The van der Waals surface area contributed by atoms with Crippen LogP contribution in [0.4, 0.5) is 10.1 Å². The van der Waals surface area contributed by atoms with Gasteiger partial charge >= 0.3 is 0 Å². The molecule has 1 fully saturated rings. The van der Waals surface area contributed by atoms with E-state index < -0.39 is 6.04 Å². The van der Waals surface area contributed by atoms with E-state index in [2.05, 4.69) is 5.32 Å². The highest BCUT2D eigenvalue weighted by molar-refractivity contribution is 6.01. The Labute approximate surface area is 124 Å². The maximum absolute atomic E-state index is 13.4. The van der Waals surface area contributed by atoms with Gasteiger partial charge in [-0.2, -0.15) is 0 Å². The van der Waals surface area contributed by atoms with E-state index in [0.717, 1.165) is 6.42 Å². The lowest BCUT2D eigenvalue weighted by molar-refractivity contribution is -0.126. The van der Waals surface area contributed by atoms with Crippen LogP contribution in [-0.4, -0.2) is 24.4 Å². The Kier molecular flexibility index (Phi) is 4.60. The first-order valence-electron chi connectivity index (χ1n) is 7.31. The zero-order chi connectivity index (χ0) is 15.6. The lowest BCUT2D eigenvalue weighted by Gasteiger charge is -2.27. The molecule has 0 aromatic heterocycles. The van der Waals surface area contributed by atoms with Crippen molar-refractivity contribution in [1.82, 2.24) is 5.32 Å². The first-order chi connectivity index (χ1) is 9.93. The van der Waals surface area contributed by atoms with Crippen LogP contribution >= 0.6 is 0 Å². The summed E-state index contributed by atoms with van der Waals surface area (Å²) in [6, 6.07) is 4.08. The molecule has 1 N–H and O–H groups in total. The third-order valence-electron chi connectivity index (χ3n) is 4.08. The largest absolute Gasteiger partial charge is 0.344 e. The molecule has 0 saturated carbocycles. The number of carbonyl (C=O) groups is 2. The van der Waals surface area contributed by atoms with E-state index in [1.165, 1.54) is 6.07 Å². The van der Waals surface area contributed by atoms with Crippen molar-refractivity contribution in [3.05, 3.63) is 29.6 Å². The molecule has 0 radical (unpaired) electrons. The van der Waals surface area contributed by atoms with Crippen molar-refractivity contribution in [2.75, 3.05) is 11.4 Å². The minimum Gasteiger partial charge on any atom is -0.344 e. The minimum absolute atomic E-state index is 0.0589. The van der Waals surface area contributed by atoms with E-state index in [-0.39, 0.29) is 30.0 Å². The number of amides is 2. The third-order valence-corrected chi connectivity index (χ3v) is 4.08. The van der Waals surface area contributed by atoms with Crippen LogP contribution in [0, 0.1) is 18.7 Å². The molecule has 5 heteroatoms. The summed E-state index contributed by atoms with van der Waals surface area (Å²) in [6.45, 7) is 5.92. The van der Waals surface area contributed by atoms with Gasteiger partial charge in [-0.1, -0.05) is 20.3 Å². The fourth-order valence-corrected chi connectivity index (χ4v) is 2.47. The van der Waals surface area contributed by atoms with Gasteiger partial charge in [-0.05, 0) is 36.6 Å². The van der Waals surface area contributed by atoms with E-state index in [9.17, 15) is 14.0 Å². The van der Waals surface area contributed by atoms with Gasteiger partial charge in [-0.3, -0.25) is 9.59 Å². The second-order valence-corrected chi connectivity index (χ2v) is 5.60. The molecule has 1 heterocycles. The summed E-state index contributed by atoms with van der Waals surface area (Å²) < 4.78 is 13.4. The topological polar surface area (TPSA) is 49.4 Å². The van der Waals surface area contributed by atoms with Crippen LogP contribution in [0.25, 0.3) is 0 Å². The van der Waals surface area contributed by atoms with Gasteiger partial charge in [-0.15, -0.1) is 0 Å². The van der Waals surface area contributed by atoms with Gasteiger partial charge in [-0.25, -0.2) is 4.39 Å². The lowest BCUT2D eigenvalue weighted by Crippen LogP contribution is -2.48. The standard InChI is InChI=1S/C16H21FN2O2/c1-4-10(2)15-16(21)19(8-7-14(20)18-15)12-5-6-13(17)11(3)9-12/h5-6,9-10,15H,4,7-8H2,1-3H3,(H,18,20). The zero-order valence-corrected chi connectivity index (χ0v) is 12.6. The highest BCUT2D eigenvalue weighted by Gasteiger charge is 2.33. The Bertz CT molecular complexity index is 559. The fraction of sp³-hybridized carbons (Fsp3) is 0.500. The molecular weight excluding hydrogens is 271 g/mol. The molecule has 1 aliphatic heterocycles. The van der Waals surface area contributed by atoms with Gasteiger partial charge in [0.2, 0.25) is 11.8 Å². The smallest absolute Gasteiger partial charge is 0.249 e. The molecule has 2 atom stereocenters. The minimum atomic E-state index is -0.518. The first-order valence-corrected chi connectivity index (χ1v) is 7.31. The molecule has 2 unspecified atom stereocenters. The number of anilines is 1. The highest BCUT2D eigenvalue weighted by Crippen LogP contribution is 2.23. The van der Waals surface area contributed by atoms with Gasteiger partial charge in [0, 0.05) is 18.7 Å². The van der Waals surface area contributed by atoms with Gasteiger partial charge < -0.3 is 10.2 Å². The number of hydrogen-bond acceptors (Lipinski definition) is 2. The van der Waals surface area contributed by atoms with Crippen molar-refractivity contribution in [3.8, 4) is 0 Å². The molecule has 4 nitrogen and oxygen atoms in total. The summed E-state index contributed by atoms with van der Waals surface area (Å²) >= 11 is 0. The molecule has 2 amide bonds. The SMILES string of the molecule is CCC(C)C1NC(=O)CCN(c2ccc(F)c(C)c2)C1=O. The van der Waals surface area contributed by atoms with E-state index in [1.807, 2.05) is 13.8 Å². The number of aryl methyl sites for hydroxylation is 1. The third kappa shape index (κ3) is 3.23. The normalized spacial score (nSPS) is 21.0. The maximum Gasteiger partial charge on any atom is 0.249 e. The molecule has 0 bridgehead atoms. The number of halogens is 1. The van der Waals surface area contributed by atoms with Crippen molar-refractivity contribution in [2.24, 2.45) is 5.92 Å². The molecule has 0 aliphatic carbocycles. The van der Waals surface area contributed by atoms with E-state index in [0.29, 0.717) is 17.8 Å². The summed E-state index contributed by atoms with van der Waals surface area (Å²) in [7, 11) is 0. The number of nitrogens with one attached hydrogen (secondary N) is 1. The first kappa shape index (κ1) is 15.5. The summed E-state index contributed by atoms with van der Waals surface area (Å²) in [5, 5.41) is 2.80. The number of rotatable bonds is 3. The van der Waals surface area contributed by atoms with Crippen LogP contribution in [0.1, 0.15) is 32.3 Å². The summed E-state index contributed by atoms with van der Waals surface area (Å²) in [5.41, 5.74) is 1.13. The Hall–Kier alpha value is -1.91. The second kappa shape index (κ2) is 6.24. The van der Waals surface area contributed by atoms with Crippen LogP contribution in [0.15, 0.2) is 18.2 Å². The van der Waals surface area contributed by atoms with Crippen LogP contribution in [0.2, 0.25) is 0 Å². The monoisotopic (exact) mass is 292 g/mol. The molecule has 1 aliphatic rings. The summed E-state index contributed by atoms with van der Waals surface area (Å²) in [6.07, 6.45) is 1.06. The van der Waals surface area contributed by atoms with Crippen LogP contribution < -0.4 is 10.2 Å². The van der Waals surface area contributed by atoms with Crippen LogP contribution in [0.5, 0.6) is 0 Å². The highest BCUT2D eigenvalue weighted by atomic mass is 19.1. The molecule has 1 aromatic rings. The molecule has 2 rings (SSSR count). The molecule has 1 saturated heterocycles. The van der Waals surface area contributed by atoms with Gasteiger partial charge in [0.25, 0.3) is 0 Å². The Morgan fingerprint density at radius 2 is 2.14 bits per heavy atom. The molecule has 114 valence electrons. The quantitative estimate of drug-likeness (QED) is 0.930. The number of nitrogens with zero attached hydrogens (tertiary/aromatic N) is 1. The number of benzene rings is 1. The second-order valence-electron chi connectivity index (χ2n) is 5.60. The Morgan fingerprint density at radius 1 is 1.43 bits per heavy atom. The molecular formula is C16H21FN2O2. The summed E-state index contributed by atoms with van der Waals surface area (Å²) in [4.78, 5) is 26.1. The average molecular weight is 292 g/mol. The molecule has 1 aromatic carbocycles. The lowest BCUT2D eigenvalue weighted by atomic mass is 9.98. The van der Waals surface area contributed by atoms with Crippen molar-refractivity contribution in [1.29, 1.82) is 0 Å². The van der Waals surface area contributed by atoms with E-state index in [4.69, 9.17) is 0 Å².